The van der Waals surface area contributed by atoms with Crippen molar-refractivity contribution in [1.82, 2.24) is 0 Å². The Hall–Kier alpha value is -2.30. The Bertz CT molecular complexity index is 498. The zero-order chi connectivity index (χ0) is 13.2. The van der Waals surface area contributed by atoms with Gasteiger partial charge in [0.05, 0.1) is 0 Å². The van der Waals surface area contributed by atoms with Crippen LogP contribution in [0.3, 0.4) is 0 Å². The molecule has 0 aromatic heterocycles. The lowest BCUT2D eigenvalue weighted by molar-refractivity contribution is -0.139. The zero-order valence-electron chi connectivity index (χ0n) is 9.39. The van der Waals surface area contributed by atoms with Gasteiger partial charge in [-0.3, -0.25) is 0 Å². The maximum Gasteiger partial charge on any atom is 0.343 e. The maximum absolute atomic E-state index is 10.7. The minimum atomic E-state index is -1.55. The lowest BCUT2D eigenvalue weighted by Gasteiger charge is -2.06. The van der Waals surface area contributed by atoms with E-state index in [2.05, 4.69) is 0 Å². The summed E-state index contributed by atoms with van der Waals surface area (Å²) in [6, 6.07) is 3.24. The molecule has 0 atom stereocenters. The Morgan fingerprint density at radius 1 is 1.12 bits per heavy atom. The first-order valence-electron chi connectivity index (χ1n) is 4.81. The van der Waals surface area contributed by atoms with Crippen LogP contribution in [0.25, 0.3) is 6.08 Å². The molecule has 17 heavy (non-hydrogen) atoms. The summed E-state index contributed by atoms with van der Waals surface area (Å²) < 4.78 is 0. The SMILES string of the molecule is Cc1cc(C)c(O)c(C=C(C(=O)O)C(=O)O)c1. The first-order chi connectivity index (χ1) is 7.82. The molecule has 0 aliphatic rings. The van der Waals surface area contributed by atoms with Gasteiger partial charge in [0.1, 0.15) is 11.3 Å². The number of hydrogen-bond donors (Lipinski definition) is 3. The number of aryl methyl sites for hydroxylation is 2. The maximum atomic E-state index is 10.7. The van der Waals surface area contributed by atoms with Crippen LogP contribution in [0.5, 0.6) is 5.75 Å². The van der Waals surface area contributed by atoms with Gasteiger partial charge in [0.2, 0.25) is 0 Å². The van der Waals surface area contributed by atoms with E-state index in [0.29, 0.717) is 5.56 Å². The van der Waals surface area contributed by atoms with Crippen LogP contribution in [0, 0.1) is 13.8 Å². The van der Waals surface area contributed by atoms with E-state index in [1.54, 1.807) is 19.9 Å². The molecule has 0 saturated carbocycles. The molecule has 0 saturated heterocycles. The minimum Gasteiger partial charge on any atom is -0.507 e. The quantitative estimate of drug-likeness (QED) is 0.420. The summed E-state index contributed by atoms with van der Waals surface area (Å²) in [6.07, 6.45) is 0.944. The molecule has 0 amide bonds. The molecule has 0 unspecified atom stereocenters. The molecular weight excluding hydrogens is 224 g/mol. The number of carboxylic acids is 2. The highest BCUT2D eigenvalue weighted by molar-refractivity contribution is 6.16. The summed E-state index contributed by atoms with van der Waals surface area (Å²) in [7, 11) is 0. The zero-order valence-corrected chi connectivity index (χ0v) is 9.39. The predicted octanol–water partition coefficient (Wildman–Crippen LogP) is 1.56. The van der Waals surface area contributed by atoms with Crippen molar-refractivity contribution in [3.63, 3.8) is 0 Å². The molecule has 90 valence electrons. The molecule has 1 rings (SSSR count). The van der Waals surface area contributed by atoms with Crippen LogP contribution in [0.1, 0.15) is 16.7 Å². The number of rotatable bonds is 3. The van der Waals surface area contributed by atoms with Crippen molar-refractivity contribution in [3.05, 3.63) is 34.4 Å². The summed E-state index contributed by atoms with van der Waals surface area (Å²) in [4.78, 5) is 21.4. The second kappa shape index (κ2) is 4.69. The minimum absolute atomic E-state index is 0.115. The number of carboxylic acid groups (broad SMARTS) is 2. The first kappa shape index (κ1) is 12.8. The van der Waals surface area contributed by atoms with Crippen LogP contribution >= 0.6 is 0 Å². The monoisotopic (exact) mass is 236 g/mol. The Balaban J connectivity index is 3.39. The lowest BCUT2D eigenvalue weighted by atomic mass is 10.0. The lowest BCUT2D eigenvalue weighted by Crippen LogP contribution is -2.10. The van der Waals surface area contributed by atoms with Gasteiger partial charge >= 0.3 is 11.9 Å². The Morgan fingerprint density at radius 2 is 1.65 bits per heavy atom. The smallest absolute Gasteiger partial charge is 0.343 e. The van der Waals surface area contributed by atoms with E-state index in [-0.39, 0.29) is 11.3 Å². The Labute approximate surface area is 97.6 Å². The molecule has 0 aliphatic carbocycles. The third-order valence-corrected chi connectivity index (χ3v) is 2.23. The van der Waals surface area contributed by atoms with Gasteiger partial charge < -0.3 is 15.3 Å². The van der Waals surface area contributed by atoms with Crippen molar-refractivity contribution < 1.29 is 24.9 Å². The second-order valence-corrected chi connectivity index (χ2v) is 3.69. The van der Waals surface area contributed by atoms with Crippen molar-refractivity contribution >= 4 is 18.0 Å². The van der Waals surface area contributed by atoms with Gasteiger partial charge in [-0.1, -0.05) is 11.6 Å². The molecule has 0 fully saturated rings. The van der Waals surface area contributed by atoms with Gasteiger partial charge in [0.25, 0.3) is 0 Å². The summed E-state index contributed by atoms with van der Waals surface area (Å²) in [5.74, 6) is -3.21. The van der Waals surface area contributed by atoms with Crippen molar-refractivity contribution in [1.29, 1.82) is 0 Å². The predicted molar refractivity (Wildman–Crippen MR) is 60.8 cm³/mol. The fourth-order valence-electron chi connectivity index (χ4n) is 1.47. The molecule has 1 aromatic rings. The molecule has 0 spiro atoms. The molecule has 0 heterocycles. The van der Waals surface area contributed by atoms with E-state index in [4.69, 9.17) is 10.2 Å². The van der Waals surface area contributed by atoms with E-state index >= 15 is 0 Å². The van der Waals surface area contributed by atoms with Gasteiger partial charge in [-0.2, -0.15) is 0 Å². The van der Waals surface area contributed by atoms with Crippen LogP contribution in [-0.2, 0) is 9.59 Å². The van der Waals surface area contributed by atoms with Gasteiger partial charge in [-0.15, -0.1) is 0 Å². The summed E-state index contributed by atoms with van der Waals surface area (Å²) in [5, 5.41) is 27.1. The van der Waals surface area contributed by atoms with Crippen LogP contribution in [-0.4, -0.2) is 27.3 Å². The van der Waals surface area contributed by atoms with E-state index in [1.807, 2.05) is 0 Å². The summed E-state index contributed by atoms with van der Waals surface area (Å²) >= 11 is 0. The number of hydrogen-bond acceptors (Lipinski definition) is 3. The Morgan fingerprint density at radius 3 is 2.12 bits per heavy atom. The summed E-state index contributed by atoms with van der Waals surface area (Å²) in [6.45, 7) is 3.42. The van der Waals surface area contributed by atoms with Crippen molar-refractivity contribution in [2.75, 3.05) is 0 Å². The van der Waals surface area contributed by atoms with Gasteiger partial charge in [0.15, 0.2) is 0 Å². The van der Waals surface area contributed by atoms with Crippen molar-refractivity contribution in [3.8, 4) is 5.75 Å². The van der Waals surface area contributed by atoms with Gasteiger partial charge in [0, 0.05) is 5.56 Å². The number of aromatic hydroxyl groups is 1. The highest BCUT2D eigenvalue weighted by Crippen LogP contribution is 2.25. The third kappa shape index (κ3) is 2.84. The average Bonchev–Trinajstić information content (AvgIpc) is 2.19. The van der Waals surface area contributed by atoms with Crippen molar-refractivity contribution in [2.24, 2.45) is 0 Å². The second-order valence-electron chi connectivity index (χ2n) is 3.69. The number of phenolic OH excluding ortho intramolecular Hbond substituents is 1. The highest BCUT2D eigenvalue weighted by Gasteiger charge is 2.17. The first-order valence-corrected chi connectivity index (χ1v) is 4.81. The molecule has 3 N–H and O–H groups in total. The van der Waals surface area contributed by atoms with E-state index in [9.17, 15) is 14.7 Å². The molecule has 0 bridgehead atoms. The fourth-order valence-corrected chi connectivity index (χ4v) is 1.47. The highest BCUT2D eigenvalue weighted by atomic mass is 16.4. The molecule has 0 radical (unpaired) electrons. The number of benzene rings is 1. The van der Waals surface area contributed by atoms with Gasteiger partial charge in [-0.05, 0) is 31.6 Å². The standard InChI is InChI=1S/C12H12O5/c1-6-3-7(2)10(13)8(4-6)5-9(11(14)15)12(16)17/h3-5,13H,1-2H3,(H,14,15)(H,16,17). The van der Waals surface area contributed by atoms with E-state index in [0.717, 1.165) is 11.6 Å². The fraction of sp³-hybridized carbons (Fsp3) is 0.167. The third-order valence-electron chi connectivity index (χ3n) is 2.23. The molecule has 0 aliphatic heterocycles. The molecule has 1 aromatic carbocycles. The largest absolute Gasteiger partial charge is 0.507 e. The van der Waals surface area contributed by atoms with Crippen LogP contribution in [0.2, 0.25) is 0 Å². The van der Waals surface area contributed by atoms with Crippen LogP contribution < -0.4 is 0 Å². The molecule has 5 heteroatoms. The van der Waals surface area contributed by atoms with E-state index in [1.165, 1.54) is 6.07 Å². The molecular formula is C12H12O5. The molecule has 5 nitrogen and oxygen atoms in total. The number of carbonyl (C=O) groups is 2. The van der Waals surface area contributed by atoms with Crippen LogP contribution in [0.15, 0.2) is 17.7 Å². The van der Waals surface area contributed by atoms with Gasteiger partial charge in [-0.25, -0.2) is 9.59 Å². The normalized spacial score (nSPS) is 9.76. The number of aliphatic carboxylic acids is 2. The topological polar surface area (TPSA) is 94.8 Å². The number of phenols is 1. The summed E-state index contributed by atoms with van der Waals surface area (Å²) in [5.41, 5.74) is 0.764. The Kier molecular flexibility index (Phi) is 3.52. The average molecular weight is 236 g/mol. The van der Waals surface area contributed by atoms with E-state index < -0.39 is 17.5 Å². The van der Waals surface area contributed by atoms with Crippen molar-refractivity contribution in [2.45, 2.75) is 13.8 Å². The van der Waals surface area contributed by atoms with Crippen LogP contribution in [0.4, 0.5) is 0 Å².